The monoisotopic (exact) mass is 264 g/mol. The molecule has 6 nitrogen and oxygen atoms in total. The molecule has 1 unspecified atom stereocenters. The number of nitrogens with zero attached hydrogens (tertiary/aromatic N) is 4. The third kappa shape index (κ3) is 2.50. The Morgan fingerprint density at radius 3 is 2.89 bits per heavy atom. The van der Waals surface area contributed by atoms with Gasteiger partial charge in [0.05, 0.1) is 25.8 Å². The van der Waals surface area contributed by atoms with Crippen molar-refractivity contribution in [1.82, 2.24) is 19.4 Å². The van der Waals surface area contributed by atoms with Crippen LogP contribution in [0.2, 0.25) is 0 Å². The first-order valence-electron chi connectivity index (χ1n) is 6.86. The van der Waals surface area contributed by atoms with Gasteiger partial charge in [0, 0.05) is 38.6 Å². The van der Waals surface area contributed by atoms with E-state index in [1.165, 1.54) is 0 Å². The van der Waals surface area contributed by atoms with Crippen molar-refractivity contribution in [3.8, 4) is 0 Å². The van der Waals surface area contributed by atoms with Crippen LogP contribution in [-0.4, -0.2) is 64.1 Å². The fourth-order valence-corrected chi connectivity index (χ4v) is 2.73. The smallest absolute Gasteiger partial charge is 0.239 e. The van der Waals surface area contributed by atoms with E-state index in [0.717, 1.165) is 25.5 Å². The number of hydrogen-bond donors (Lipinski definition) is 0. The lowest BCUT2D eigenvalue weighted by molar-refractivity contribution is -0.141. The lowest BCUT2D eigenvalue weighted by Gasteiger charge is -2.36. The van der Waals surface area contributed by atoms with Gasteiger partial charge < -0.3 is 14.2 Å². The zero-order chi connectivity index (χ0) is 13.2. The van der Waals surface area contributed by atoms with E-state index in [9.17, 15) is 4.79 Å². The van der Waals surface area contributed by atoms with Crippen molar-refractivity contribution >= 4 is 5.91 Å². The first-order chi connectivity index (χ1) is 9.25. The van der Waals surface area contributed by atoms with Gasteiger partial charge in [0.1, 0.15) is 5.82 Å². The molecule has 1 amide bonds. The molecule has 2 aliphatic heterocycles. The molecule has 0 bridgehead atoms. The van der Waals surface area contributed by atoms with Gasteiger partial charge in [-0.25, -0.2) is 4.98 Å². The van der Waals surface area contributed by atoms with Crippen LogP contribution in [0.3, 0.4) is 0 Å². The Kier molecular flexibility index (Phi) is 3.52. The number of hydrogen-bond acceptors (Lipinski definition) is 4. The Labute approximate surface area is 113 Å². The van der Waals surface area contributed by atoms with Crippen molar-refractivity contribution in [3.63, 3.8) is 0 Å². The van der Waals surface area contributed by atoms with Crippen LogP contribution in [0.4, 0.5) is 0 Å². The Morgan fingerprint density at radius 2 is 2.11 bits per heavy atom. The normalized spacial score (nSPS) is 22.1. The average Bonchev–Trinajstić information content (AvgIpc) is 2.94. The van der Waals surface area contributed by atoms with Gasteiger partial charge in [-0.1, -0.05) is 0 Å². The Hall–Kier alpha value is -1.40. The van der Waals surface area contributed by atoms with Crippen LogP contribution in [0, 0.1) is 0 Å². The highest BCUT2D eigenvalue weighted by Gasteiger charge is 2.29. The second-order valence-electron chi connectivity index (χ2n) is 5.12. The van der Waals surface area contributed by atoms with Gasteiger partial charge in [0.15, 0.2) is 0 Å². The van der Waals surface area contributed by atoms with E-state index in [2.05, 4.69) is 14.5 Å². The SMILES string of the molecule is CC(C(=O)N1CCOCC1)N1CCn2ccnc2C1. The van der Waals surface area contributed by atoms with Gasteiger partial charge in [-0.15, -0.1) is 0 Å². The lowest BCUT2D eigenvalue weighted by Crippen LogP contribution is -2.52. The molecule has 3 heterocycles. The summed E-state index contributed by atoms with van der Waals surface area (Å²) in [6.45, 7) is 7.31. The van der Waals surface area contributed by atoms with Crippen LogP contribution in [0.1, 0.15) is 12.7 Å². The van der Waals surface area contributed by atoms with Gasteiger partial charge in [-0.05, 0) is 6.92 Å². The zero-order valence-corrected chi connectivity index (χ0v) is 11.3. The maximum absolute atomic E-state index is 12.4. The van der Waals surface area contributed by atoms with E-state index in [1.807, 2.05) is 24.2 Å². The van der Waals surface area contributed by atoms with E-state index in [0.29, 0.717) is 26.3 Å². The fourth-order valence-electron chi connectivity index (χ4n) is 2.73. The topological polar surface area (TPSA) is 50.6 Å². The second-order valence-corrected chi connectivity index (χ2v) is 5.12. The van der Waals surface area contributed by atoms with E-state index in [1.54, 1.807) is 0 Å². The summed E-state index contributed by atoms with van der Waals surface area (Å²) in [6, 6.07) is -0.0800. The maximum Gasteiger partial charge on any atom is 0.239 e. The minimum atomic E-state index is -0.0800. The molecule has 19 heavy (non-hydrogen) atoms. The van der Waals surface area contributed by atoms with Crippen molar-refractivity contribution < 1.29 is 9.53 Å². The van der Waals surface area contributed by atoms with Crippen LogP contribution in [-0.2, 0) is 22.6 Å². The van der Waals surface area contributed by atoms with Crippen LogP contribution < -0.4 is 0 Å². The number of amides is 1. The molecule has 1 aromatic rings. The Morgan fingerprint density at radius 1 is 1.32 bits per heavy atom. The summed E-state index contributed by atoms with van der Waals surface area (Å²) in [5.74, 6) is 1.26. The standard InChI is InChI=1S/C13H20N4O2/c1-11(13(18)16-6-8-19-9-7-16)17-5-4-15-3-2-14-12(15)10-17/h2-3,11H,4-10H2,1H3. The molecule has 6 heteroatoms. The highest BCUT2D eigenvalue weighted by atomic mass is 16.5. The van der Waals surface area contributed by atoms with Crippen molar-refractivity contribution in [2.45, 2.75) is 26.1 Å². The number of fused-ring (bicyclic) bond motifs is 1. The summed E-state index contributed by atoms with van der Waals surface area (Å²) in [6.07, 6.45) is 3.83. The number of carbonyl (C=O) groups excluding carboxylic acids is 1. The maximum atomic E-state index is 12.4. The quantitative estimate of drug-likeness (QED) is 0.751. The van der Waals surface area contributed by atoms with Crippen LogP contribution in [0.5, 0.6) is 0 Å². The van der Waals surface area contributed by atoms with Crippen molar-refractivity contribution in [1.29, 1.82) is 0 Å². The minimum absolute atomic E-state index is 0.0800. The summed E-state index contributed by atoms with van der Waals surface area (Å²) < 4.78 is 7.45. The summed E-state index contributed by atoms with van der Waals surface area (Å²) in [7, 11) is 0. The zero-order valence-electron chi connectivity index (χ0n) is 11.3. The number of aromatic nitrogens is 2. The molecule has 0 N–H and O–H groups in total. The van der Waals surface area contributed by atoms with Crippen LogP contribution >= 0.6 is 0 Å². The largest absolute Gasteiger partial charge is 0.378 e. The predicted molar refractivity (Wildman–Crippen MR) is 69.5 cm³/mol. The van der Waals surface area contributed by atoms with Gasteiger partial charge in [-0.2, -0.15) is 0 Å². The molecular weight excluding hydrogens is 244 g/mol. The fraction of sp³-hybridized carbons (Fsp3) is 0.692. The average molecular weight is 264 g/mol. The molecule has 3 rings (SSSR count). The highest BCUT2D eigenvalue weighted by Crippen LogP contribution is 2.15. The summed E-state index contributed by atoms with van der Waals surface area (Å²) in [4.78, 5) is 20.9. The van der Waals surface area contributed by atoms with Gasteiger partial charge in [0.25, 0.3) is 0 Å². The Balaban J connectivity index is 1.64. The van der Waals surface area contributed by atoms with Crippen molar-refractivity contribution in [3.05, 3.63) is 18.2 Å². The third-order valence-corrected chi connectivity index (χ3v) is 4.00. The van der Waals surface area contributed by atoms with Crippen LogP contribution in [0.25, 0.3) is 0 Å². The molecule has 1 aromatic heterocycles. The third-order valence-electron chi connectivity index (χ3n) is 4.00. The number of imidazole rings is 1. The Bertz CT molecular complexity index is 453. The number of rotatable bonds is 2. The summed E-state index contributed by atoms with van der Waals surface area (Å²) in [5, 5.41) is 0. The van der Waals surface area contributed by atoms with E-state index in [4.69, 9.17) is 4.74 Å². The molecule has 1 saturated heterocycles. The van der Waals surface area contributed by atoms with Gasteiger partial charge in [-0.3, -0.25) is 9.69 Å². The first-order valence-corrected chi connectivity index (χ1v) is 6.86. The minimum Gasteiger partial charge on any atom is -0.378 e. The molecule has 0 radical (unpaired) electrons. The van der Waals surface area contributed by atoms with Gasteiger partial charge in [0.2, 0.25) is 5.91 Å². The molecule has 1 fully saturated rings. The van der Waals surface area contributed by atoms with Crippen LogP contribution in [0.15, 0.2) is 12.4 Å². The van der Waals surface area contributed by atoms with E-state index >= 15 is 0 Å². The van der Waals surface area contributed by atoms with E-state index < -0.39 is 0 Å². The van der Waals surface area contributed by atoms with Gasteiger partial charge >= 0.3 is 0 Å². The van der Waals surface area contributed by atoms with Crippen molar-refractivity contribution in [2.75, 3.05) is 32.8 Å². The number of ether oxygens (including phenoxy) is 1. The summed E-state index contributed by atoms with van der Waals surface area (Å²) in [5.41, 5.74) is 0. The summed E-state index contributed by atoms with van der Waals surface area (Å²) >= 11 is 0. The second kappa shape index (κ2) is 5.30. The highest BCUT2D eigenvalue weighted by molar-refractivity contribution is 5.81. The molecule has 104 valence electrons. The number of morpholine rings is 1. The molecule has 0 saturated carbocycles. The molecule has 1 atom stereocenters. The lowest BCUT2D eigenvalue weighted by atomic mass is 10.2. The number of carbonyl (C=O) groups is 1. The van der Waals surface area contributed by atoms with E-state index in [-0.39, 0.29) is 11.9 Å². The first kappa shape index (κ1) is 12.6. The molecule has 0 aromatic carbocycles. The molecule has 2 aliphatic rings. The van der Waals surface area contributed by atoms with Crippen molar-refractivity contribution in [2.24, 2.45) is 0 Å². The molecule has 0 aliphatic carbocycles. The predicted octanol–water partition coefficient (Wildman–Crippen LogP) is -0.0540. The molecule has 0 spiro atoms. The molecular formula is C13H20N4O2.